The summed E-state index contributed by atoms with van der Waals surface area (Å²) in [6.45, 7) is 5.17. The zero-order valence-corrected chi connectivity index (χ0v) is 13.2. The Morgan fingerprint density at radius 2 is 1.86 bits per heavy atom. The van der Waals surface area contributed by atoms with Crippen LogP contribution >= 0.6 is 0 Å². The second-order valence-corrected chi connectivity index (χ2v) is 6.23. The molecule has 3 heteroatoms. The largest absolute Gasteiger partial charge is 0.399 e. The number of anilines is 2. The van der Waals surface area contributed by atoms with Crippen LogP contribution in [0.1, 0.15) is 47.7 Å². The lowest BCUT2D eigenvalue weighted by molar-refractivity contribution is 0.0985. The van der Waals surface area contributed by atoms with Gasteiger partial charge in [-0.2, -0.15) is 0 Å². The van der Waals surface area contributed by atoms with Crippen LogP contribution in [0.25, 0.3) is 0 Å². The second-order valence-electron chi connectivity index (χ2n) is 6.23. The van der Waals surface area contributed by atoms with Crippen LogP contribution in [0.4, 0.5) is 11.4 Å². The van der Waals surface area contributed by atoms with Crippen LogP contribution < -0.4 is 10.6 Å². The SMILES string of the molecule is CC(C)c1ccc2c(c1)CCCN2C(=O)c1ccc(N)cc1. The Bertz CT molecular complexity index is 689. The van der Waals surface area contributed by atoms with Gasteiger partial charge < -0.3 is 10.6 Å². The van der Waals surface area contributed by atoms with Gasteiger partial charge in [-0.05, 0) is 60.2 Å². The van der Waals surface area contributed by atoms with Gasteiger partial charge in [0.1, 0.15) is 0 Å². The lowest BCUT2D eigenvalue weighted by atomic mass is 9.94. The second kappa shape index (κ2) is 5.84. The number of amides is 1. The molecule has 0 radical (unpaired) electrons. The Labute approximate surface area is 131 Å². The molecule has 114 valence electrons. The maximum atomic E-state index is 12.8. The van der Waals surface area contributed by atoms with Gasteiger partial charge in [-0.3, -0.25) is 4.79 Å². The van der Waals surface area contributed by atoms with Gasteiger partial charge in [0.2, 0.25) is 0 Å². The van der Waals surface area contributed by atoms with E-state index in [-0.39, 0.29) is 5.91 Å². The van der Waals surface area contributed by atoms with E-state index >= 15 is 0 Å². The van der Waals surface area contributed by atoms with Crippen molar-refractivity contribution in [3.8, 4) is 0 Å². The first-order chi connectivity index (χ1) is 10.6. The highest BCUT2D eigenvalue weighted by Crippen LogP contribution is 2.31. The summed E-state index contributed by atoms with van der Waals surface area (Å²) in [7, 11) is 0. The molecule has 0 bridgehead atoms. The van der Waals surface area contributed by atoms with E-state index in [1.807, 2.05) is 4.90 Å². The fourth-order valence-electron chi connectivity index (χ4n) is 2.97. The van der Waals surface area contributed by atoms with E-state index in [1.54, 1.807) is 24.3 Å². The number of nitrogens with zero attached hydrogens (tertiary/aromatic N) is 1. The third kappa shape index (κ3) is 2.71. The molecule has 2 aromatic rings. The molecule has 2 N–H and O–H groups in total. The van der Waals surface area contributed by atoms with Crippen molar-refractivity contribution in [3.05, 3.63) is 59.2 Å². The van der Waals surface area contributed by atoms with Gasteiger partial charge in [-0.15, -0.1) is 0 Å². The summed E-state index contributed by atoms with van der Waals surface area (Å²) < 4.78 is 0. The molecule has 22 heavy (non-hydrogen) atoms. The molecule has 0 spiro atoms. The van der Waals surface area contributed by atoms with Gasteiger partial charge in [-0.25, -0.2) is 0 Å². The fraction of sp³-hybridized carbons (Fsp3) is 0.316. The van der Waals surface area contributed by atoms with Gasteiger partial charge in [0.05, 0.1) is 0 Å². The molecule has 3 nitrogen and oxygen atoms in total. The molecule has 1 amide bonds. The van der Waals surface area contributed by atoms with E-state index in [0.717, 1.165) is 25.1 Å². The number of hydrogen-bond donors (Lipinski definition) is 1. The van der Waals surface area contributed by atoms with E-state index in [2.05, 4.69) is 32.0 Å². The molecular formula is C19H22N2O. The first kappa shape index (κ1) is 14.6. The number of hydrogen-bond acceptors (Lipinski definition) is 2. The highest BCUT2D eigenvalue weighted by molar-refractivity contribution is 6.06. The molecule has 0 aliphatic carbocycles. The summed E-state index contributed by atoms with van der Waals surface area (Å²) in [4.78, 5) is 14.7. The van der Waals surface area contributed by atoms with Crippen LogP contribution in [0.5, 0.6) is 0 Å². The normalized spacial score (nSPS) is 14.0. The summed E-state index contributed by atoms with van der Waals surface area (Å²) in [6, 6.07) is 13.6. The maximum absolute atomic E-state index is 12.8. The quantitative estimate of drug-likeness (QED) is 0.851. The zero-order chi connectivity index (χ0) is 15.7. The van der Waals surface area contributed by atoms with Crippen molar-refractivity contribution in [2.75, 3.05) is 17.2 Å². The lowest BCUT2D eigenvalue weighted by Gasteiger charge is -2.30. The number of nitrogens with two attached hydrogens (primary N) is 1. The Morgan fingerprint density at radius 3 is 2.55 bits per heavy atom. The molecule has 1 aliphatic rings. The molecule has 0 fully saturated rings. The topological polar surface area (TPSA) is 46.3 Å². The van der Waals surface area contributed by atoms with E-state index in [9.17, 15) is 4.79 Å². The molecule has 1 heterocycles. The molecule has 0 saturated heterocycles. The number of carbonyl (C=O) groups excluding carboxylic acids is 1. The number of aryl methyl sites for hydroxylation is 1. The number of nitrogen functional groups attached to an aromatic ring is 1. The standard InChI is InChI=1S/C19H22N2O/c1-13(2)15-7-10-18-16(12-15)4-3-11-21(18)19(22)14-5-8-17(20)9-6-14/h5-10,12-13H,3-4,11,20H2,1-2H3. The van der Waals surface area contributed by atoms with Gasteiger partial charge in [0, 0.05) is 23.5 Å². The van der Waals surface area contributed by atoms with E-state index in [4.69, 9.17) is 5.73 Å². The predicted octanol–water partition coefficient (Wildman–Crippen LogP) is 3.99. The molecule has 1 aliphatic heterocycles. The molecule has 0 unspecified atom stereocenters. The van der Waals surface area contributed by atoms with Gasteiger partial charge in [0.25, 0.3) is 5.91 Å². The van der Waals surface area contributed by atoms with Crippen LogP contribution in [0, 0.1) is 0 Å². The van der Waals surface area contributed by atoms with Crippen LogP contribution in [0.2, 0.25) is 0 Å². The summed E-state index contributed by atoms with van der Waals surface area (Å²) in [5.41, 5.74) is 10.7. The van der Waals surface area contributed by atoms with E-state index < -0.39 is 0 Å². The molecule has 0 saturated carbocycles. The average Bonchev–Trinajstić information content (AvgIpc) is 2.53. The van der Waals surface area contributed by atoms with Crippen LogP contribution in [0.3, 0.4) is 0 Å². The first-order valence-corrected chi connectivity index (χ1v) is 7.86. The summed E-state index contributed by atoms with van der Waals surface area (Å²) >= 11 is 0. The molecule has 2 aromatic carbocycles. The Morgan fingerprint density at radius 1 is 1.14 bits per heavy atom. The summed E-state index contributed by atoms with van der Waals surface area (Å²) in [5, 5.41) is 0. The first-order valence-electron chi connectivity index (χ1n) is 7.86. The number of fused-ring (bicyclic) bond motifs is 1. The average molecular weight is 294 g/mol. The van der Waals surface area contributed by atoms with Gasteiger partial charge in [0.15, 0.2) is 0 Å². The van der Waals surface area contributed by atoms with Crippen molar-refractivity contribution in [2.24, 2.45) is 0 Å². The minimum Gasteiger partial charge on any atom is -0.399 e. The van der Waals surface area contributed by atoms with Crippen molar-refractivity contribution in [2.45, 2.75) is 32.6 Å². The smallest absolute Gasteiger partial charge is 0.258 e. The Kier molecular flexibility index (Phi) is 3.88. The van der Waals surface area contributed by atoms with Crippen LogP contribution in [-0.2, 0) is 6.42 Å². The third-order valence-electron chi connectivity index (χ3n) is 4.29. The molecule has 0 aromatic heterocycles. The fourth-order valence-corrected chi connectivity index (χ4v) is 2.97. The zero-order valence-electron chi connectivity index (χ0n) is 13.2. The summed E-state index contributed by atoms with van der Waals surface area (Å²) in [5.74, 6) is 0.562. The monoisotopic (exact) mass is 294 g/mol. The Balaban J connectivity index is 1.94. The van der Waals surface area contributed by atoms with Crippen molar-refractivity contribution in [1.82, 2.24) is 0 Å². The van der Waals surface area contributed by atoms with E-state index in [1.165, 1.54) is 11.1 Å². The maximum Gasteiger partial charge on any atom is 0.258 e. The lowest BCUT2D eigenvalue weighted by Crippen LogP contribution is -2.35. The van der Waals surface area contributed by atoms with Crippen molar-refractivity contribution >= 4 is 17.3 Å². The van der Waals surface area contributed by atoms with Crippen molar-refractivity contribution < 1.29 is 4.79 Å². The van der Waals surface area contributed by atoms with Gasteiger partial charge in [-0.1, -0.05) is 26.0 Å². The van der Waals surface area contributed by atoms with Crippen LogP contribution in [0.15, 0.2) is 42.5 Å². The highest BCUT2D eigenvalue weighted by Gasteiger charge is 2.23. The third-order valence-corrected chi connectivity index (χ3v) is 4.29. The predicted molar refractivity (Wildman–Crippen MR) is 91.4 cm³/mol. The highest BCUT2D eigenvalue weighted by atomic mass is 16.2. The van der Waals surface area contributed by atoms with E-state index in [0.29, 0.717) is 17.2 Å². The van der Waals surface area contributed by atoms with Crippen molar-refractivity contribution in [3.63, 3.8) is 0 Å². The number of carbonyl (C=O) groups is 1. The van der Waals surface area contributed by atoms with Crippen molar-refractivity contribution in [1.29, 1.82) is 0 Å². The number of benzene rings is 2. The van der Waals surface area contributed by atoms with Gasteiger partial charge >= 0.3 is 0 Å². The minimum absolute atomic E-state index is 0.0539. The number of rotatable bonds is 2. The molecule has 0 atom stereocenters. The Hall–Kier alpha value is -2.29. The van der Waals surface area contributed by atoms with Crippen LogP contribution in [-0.4, -0.2) is 12.5 Å². The minimum atomic E-state index is 0.0539. The molecular weight excluding hydrogens is 272 g/mol. The summed E-state index contributed by atoms with van der Waals surface area (Å²) in [6.07, 6.45) is 2.05. The molecule has 3 rings (SSSR count).